The van der Waals surface area contributed by atoms with Gasteiger partial charge in [-0.15, -0.1) is 0 Å². The Balaban J connectivity index is 1.53. The molecule has 0 unspecified atom stereocenters. The number of hydrogen-bond donors (Lipinski definition) is 3. The Hall–Kier alpha value is -3.38. The summed E-state index contributed by atoms with van der Waals surface area (Å²) < 4.78 is 65.0. The minimum absolute atomic E-state index is 0.0525. The molecule has 9 nitrogen and oxygen atoms in total. The minimum Gasteiger partial charge on any atom is -0.511 e. The van der Waals surface area contributed by atoms with Crippen molar-refractivity contribution in [3.8, 4) is 0 Å². The fourth-order valence-electron chi connectivity index (χ4n) is 5.10. The van der Waals surface area contributed by atoms with Crippen LogP contribution in [-0.4, -0.2) is 45.0 Å². The fraction of sp³-hybridized carbons (Fsp3) is 0.292. The first-order chi connectivity index (χ1) is 16.9. The van der Waals surface area contributed by atoms with E-state index in [2.05, 4.69) is 10.0 Å². The molecule has 12 heteroatoms. The molecule has 0 aromatic heterocycles. The third-order valence-electron chi connectivity index (χ3n) is 6.63. The van der Waals surface area contributed by atoms with Crippen LogP contribution in [0.15, 0.2) is 69.8 Å². The topological polar surface area (TPSA) is 133 Å². The van der Waals surface area contributed by atoms with Crippen molar-refractivity contribution < 1.29 is 31.1 Å². The lowest BCUT2D eigenvalue weighted by molar-refractivity contribution is -0.132. The van der Waals surface area contributed by atoms with E-state index in [4.69, 9.17) is 0 Å². The summed E-state index contributed by atoms with van der Waals surface area (Å²) in [6.07, 6.45) is 3.09. The molecule has 1 saturated carbocycles. The maximum atomic E-state index is 13.7. The summed E-state index contributed by atoms with van der Waals surface area (Å²) in [6.45, 7) is 0.189. The summed E-state index contributed by atoms with van der Waals surface area (Å²) in [5, 5.41) is 14.9. The third kappa shape index (κ3) is 4.46. The smallest absolute Gasteiger partial charge is 0.259 e. The largest absolute Gasteiger partial charge is 0.511 e. The lowest BCUT2D eigenvalue weighted by atomic mass is 9.89. The quantitative estimate of drug-likeness (QED) is 0.537. The number of amides is 1. The van der Waals surface area contributed by atoms with Crippen LogP contribution in [0.1, 0.15) is 24.8 Å². The Morgan fingerprint density at radius 3 is 2.58 bits per heavy atom. The van der Waals surface area contributed by atoms with Crippen molar-refractivity contribution in [3.05, 3.63) is 76.3 Å². The van der Waals surface area contributed by atoms with Crippen LogP contribution in [0.4, 0.5) is 15.8 Å². The van der Waals surface area contributed by atoms with Gasteiger partial charge in [-0.05, 0) is 48.7 Å². The van der Waals surface area contributed by atoms with Crippen molar-refractivity contribution in [2.24, 2.45) is 5.92 Å². The molecule has 1 amide bonds. The highest BCUT2D eigenvalue weighted by atomic mass is 32.2. The van der Waals surface area contributed by atoms with Crippen LogP contribution in [0.2, 0.25) is 0 Å². The van der Waals surface area contributed by atoms with Crippen molar-refractivity contribution >= 4 is 37.1 Å². The fourth-order valence-corrected chi connectivity index (χ4v) is 6.99. The predicted molar refractivity (Wildman–Crippen MR) is 132 cm³/mol. The number of aliphatic hydroxyl groups excluding tert-OH is 1. The summed E-state index contributed by atoms with van der Waals surface area (Å²) in [6, 6.07) is 9.54. The minimum atomic E-state index is -4.09. The average Bonchev–Trinajstić information content (AvgIpc) is 3.27. The highest BCUT2D eigenvalue weighted by Gasteiger charge is 2.46. The van der Waals surface area contributed by atoms with Crippen LogP contribution in [0.25, 0.3) is 0 Å². The first-order valence-electron chi connectivity index (χ1n) is 11.3. The van der Waals surface area contributed by atoms with Crippen LogP contribution < -0.4 is 10.0 Å². The number of nitrogens with zero attached hydrogens (tertiary/aromatic N) is 1. The summed E-state index contributed by atoms with van der Waals surface area (Å²) in [5.41, 5.74) is 0.772. The van der Waals surface area contributed by atoms with Gasteiger partial charge in [0, 0.05) is 24.2 Å². The number of anilines is 2. The van der Waals surface area contributed by atoms with Crippen LogP contribution in [0, 0.1) is 11.7 Å². The van der Waals surface area contributed by atoms with Gasteiger partial charge in [-0.3, -0.25) is 9.52 Å². The molecule has 2 aromatic rings. The number of aliphatic hydroxyl groups is 1. The molecule has 0 saturated heterocycles. The number of nitrogens with one attached hydrogen (secondary N) is 2. The molecule has 36 heavy (non-hydrogen) atoms. The van der Waals surface area contributed by atoms with Gasteiger partial charge < -0.3 is 15.3 Å². The second kappa shape index (κ2) is 8.63. The summed E-state index contributed by atoms with van der Waals surface area (Å²) in [7, 11) is -7.70. The molecule has 2 aromatic carbocycles. The molecule has 3 N–H and O–H groups in total. The van der Waals surface area contributed by atoms with E-state index in [-0.39, 0.29) is 51.8 Å². The molecule has 3 aliphatic rings. The standard InChI is InChI=1S/C24H24FN3O6S2/c1-35(31,32)27-16-9-10-18-21(11-16)36(33,34)13-19(26-18)22-23(29)17-3-2-4-20(17)28(24(22)30)12-14-5-7-15(25)8-6-14/h5-11,13,17,20,26-27,29H,2-4,12H2,1H3/t17-,20+/m0/s1. The Bertz CT molecular complexity index is 1530. The number of carbonyl (C=O) groups is 1. The maximum Gasteiger partial charge on any atom is 0.259 e. The second-order valence-electron chi connectivity index (χ2n) is 9.21. The van der Waals surface area contributed by atoms with Crippen molar-refractivity contribution in [1.29, 1.82) is 0 Å². The maximum absolute atomic E-state index is 13.7. The number of fused-ring (bicyclic) bond motifs is 2. The predicted octanol–water partition coefficient (Wildman–Crippen LogP) is 3.26. The zero-order valence-corrected chi connectivity index (χ0v) is 20.9. The van der Waals surface area contributed by atoms with E-state index in [1.165, 1.54) is 30.3 Å². The molecule has 0 bridgehead atoms. The highest BCUT2D eigenvalue weighted by Crippen LogP contribution is 2.44. The van der Waals surface area contributed by atoms with E-state index in [0.29, 0.717) is 18.4 Å². The highest BCUT2D eigenvalue weighted by molar-refractivity contribution is 7.94. The van der Waals surface area contributed by atoms with Gasteiger partial charge in [0.05, 0.1) is 27.9 Å². The van der Waals surface area contributed by atoms with E-state index in [1.807, 2.05) is 0 Å². The van der Waals surface area contributed by atoms with Gasteiger partial charge in [0.2, 0.25) is 19.9 Å². The van der Waals surface area contributed by atoms with Gasteiger partial charge in [0.25, 0.3) is 5.91 Å². The molecule has 190 valence electrons. The number of hydrogen-bond acceptors (Lipinski definition) is 7. The Morgan fingerprint density at radius 1 is 1.17 bits per heavy atom. The SMILES string of the molecule is CS(=O)(=O)Nc1ccc2c(c1)S(=O)(=O)C=C(C1=C(O)[C@H]3CCC[C@H]3N(Cc3ccc(F)cc3)C1=O)N2. The molecule has 0 spiro atoms. The molecular formula is C24H24FN3O6S2. The summed E-state index contributed by atoms with van der Waals surface area (Å²) >= 11 is 0. The van der Waals surface area contributed by atoms with Crippen molar-refractivity contribution in [2.45, 2.75) is 36.7 Å². The number of sulfonamides is 1. The Labute approximate surface area is 208 Å². The molecule has 2 heterocycles. The van der Waals surface area contributed by atoms with Crippen LogP contribution in [-0.2, 0) is 31.2 Å². The van der Waals surface area contributed by atoms with Gasteiger partial charge >= 0.3 is 0 Å². The third-order valence-corrected chi connectivity index (χ3v) is 8.73. The van der Waals surface area contributed by atoms with E-state index >= 15 is 0 Å². The summed E-state index contributed by atoms with van der Waals surface area (Å²) in [5.74, 6) is -1.40. The van der Waals surface area contributed by atoms with Gasteiger partial charge in [0.15, 0.2) is 0 Å². The monoisotopic (exact) mass is 533 g/mol. The van der Waals surface area contributed by atoms with E-state index < -0.39 is 31.6 Å². The zero-order chi connectivity index (χ0) is 25.8. The molecule has 2 aliphatic heterocycles. The van der Waals surface area contributed by atoms with Crippen molar-refractivity contribution in [2.75, 3.05) is 16.3 Å². The Kier molecular flexibility index (Phi) is 5.83. The van der Waals surface area contributed by atoms with Gasteiger partial charge in [-0.25, -0.2) is 21.2 Å². The van der Waals surface area contributed by atoms with Crippen LogP contribution in [0.5, 0.6) is 0 Å². The van der Waals surface area contributed by atoms with Crippen LogP contribution >= 0.6 is 0 Å². The first-order valence-corrected chi connectivity index (χ1v) is 14.7. The van der Waals surface area contributed by atoms with Crippen LogP contribution in [0.3, 0.4) is 0 Å². The lowest BCUT2D eigenvalue weighted by Gasteiger charge is -2.39. The van der Waals surface area contributed by atoms with Gasteiger partial charge in [-0.2, -0.15) is 0 Å². The number of rotatable bonds is 5. The Morgan fingerprint density at radius 2 is 1.89 bits per heavy atom. The number of benzene rings is 2. The number of carbonyl (C=O) groups excluding carboxylic acids is 1. The molecule has 5 rings (SSSR count). The molecular weight excluding hydrogens is 509 g/mol. The molecule has 1 aliphatic carbocycles. The molecule has 2 atom stereocenters. The van der Waals surface area contributed by atoms with E-state index in [0.717, 1.165) is 18.1 Å². The zero-order valence-electron chi connectivity index (χ0n) is 19.2. The number of halogens is 1. The second-order valence-corrected chi connectivity index (χ2v) is 12.7. The normalized spacial score (nSPS) is 23.0. The summed E-state index contributed by atoms with van der Waals surface area (Å²) in [4.78, 5) is 15.1. The van der Waals surface area contributed by atoms with E-state index in [1.54, 1.807) is 17.0 Å². The number of sulfone groups is 1. The van der Waals surface area contributed by atoms with Gasteiger partial charge in [0.1, 0.15) is 17.1 Å². The van der Waals surface area contributed by atoms with Gasteiger partial charge in [-0.1, -0.05) is 18.6 Å². The first kappa shape index (κ1) is 24.3. The van der Waals surface area contributed by atoms with Crippen molar-refractivity contribution in [3.63, 3.8) is 0 Å². The lowest BCUT2D eigenvalue weighted by Crippen LogP contribution is -2.48. The molecule has 0 radical (unpaired) electrons. The van der Waals surface area contributed by atoms with Crippen molar-refractivity contribution in [1.82, 2.24) is 4.90 Å². The molecule has 1 fully saturated rings. The average molecular weight is 534 g/mol. The van der Waals surface area contributed by atoms with E-state index in [9.17, 15) is 31.1 Å².